The van der Waals surface area contributed by atoms with Gasteiger partial charge in [-0.1, -0.05) is 12.1 Å². The van der Waals surface area contributed by atoms with E-state index in [0.717, 1.165) is 11.3 Å². The molecule has 0 aliphatic rings. The van der Waals surface area contributed by atoms with Crippen molar-refractivity contribution in [2.45, 2.75) is 25.9 Å². The molecule has 0 aliphatic carbocycles. The first-order valence-corrected chi connectivity index (χ1v) is 6.71. The van der Waals surface area contributed by atoms with Crippen molar-refractivity contribution in [3.05, 3.63) is 59.7 Å². The zero-order valence-electron chi connectivity index (χ0n) is 11.9. The van der Waals surface area contributed by atoms with Crippen molar-refractivity contribution in [3.63, 3.8) is 0 Å². The van der Waals surface area contributed by atoms with E-state index >= 15 is 0 Å². The van der Waals surface area contributed by atoms with Crippen molar-refractivity contribution in [1.82, 2.24) is 4.98 Å². The lowest BCUT2D eigenvalue weighted by Crippen LogP contribution is -2.20. The highest BCUT2D eigenvalue weighted by atomic mass is 19.1. The molecule has 1 aromatic heterocycles. The molecule has 0 amide bonds. The lowest BCUT2D eigenvalue weighted by atomic mass is 10.1. The Hall–Kier alpha value is -1.94. The molecule has 2 N–H and O–H groups in total. The second-order valence-corrected chi connectivity index (χ2v) is 5.14. The Morgan fingerprint density at radius 2 is 2.10 bits per heavy atom. The molecule has 0 radical (unpaired) electrons. The minimum absolute atomic E-state index is 0.0338. The van der Waals surface area contributed by atoms with Crippen molar-refractivity contribution in [2.75, 3.05) is 11.9 Å². The Morgan fingerprint density at radius 3 is 2.70 bits per heavy atom. The maximum atomic E-state index is 14.2. The summed E-state index contributed by atoms with van der Waals surface area (Å²) in [6.45, 7) is 2.49. The van der Waals surface area contributed by atoms with Gasteiger partial charge in [0.05, 0.1) is 17.9 Å². The molecule has 4 heteroatoms. The number of halogens is 1. The van der Waals surface area contributed by atoms with Crippen molar-refractivity contribution in [3.8, 4) is 0 Å². The molecule has 0 spiro atoms. The molecule has 1 heterocycles. The molecule has 0 aliphatic heterocycles. The van der Waals surface area contributed by atoms with Crippen LogP contribution in [0.25, 0.3) is 0 Å². The van der Waals surface area contributed by atoms with E-state index in [-0.39, 0.29) is 11.9 Å². The summed E-state index contributed by atoms with van der Waals surface area (Å²) in [4.78, 5) is 6.10. The third-order valence-corrected chi connectivity index (χ3v) is 3.11. The number of nitrogens with two attached hydrogens (primary N) is 1. The minimum Gasteiger partial charge on any atom is -0.366 e. The molecule has 0 saturated carbocycles. The molecule has 20 heavy (non-hydrogen) atoms. The van der Waals surface area contributed by atoms with Crippen LogP contribution >= 0.6 is 0 Å². The van der Waals surface area contributed by atoms with Gasteiger partial charge in [0.15, 0.2) is 0 Å². The molecule has 0 saturated heterocycles. The second kappa shape index (κ2) is 6.48. The number of rotatable bonds is 5. The molecule has 1 atom stereocenters. The summed E-state index contributed by atoms with van der Waals surface area (Å²) in [7, 11) is 1.86. The number of nitrogens with zero attached hydrogens (tertiary/aromatic N) is 2. The van der Waals surface area contributed by atoms with Gasteiger partial charge in [0.25, 0.3) is 0 Å². The monoisotopic (exact) mass is 273 g/mol. The molecule has 1 unspecified atom stereocenters. The van der Waals surface area contributed by atoms with E-state index in [2.05, 4.69) is 4.98 Å². The van der Waals surface area contributed by atoms with Gasteiger partial charge in [-0.3, -0.25) is 4.98 Å². The molecular weight excluding hydrogens is 253 g/mol. The first-order valence-electron chi connectivity index (χ1n) is 6.71. The summed E-state index contributed by atoms with van der Waals surface area (Å²) in [5, 5.41) is 0. The molecule has 0 bridgehead atoms. The van der Waals surface area contributed by atoms with Gasteiger partial charge < -0.3 is 10.6 Å². The summed E-state index contributed by atoms with van der Waals surface area (Å²) in [6.07, 6.45) is 2.42. The Balaban J connectivity index is 2.12. The van der Waals surface area contributed by atoms with Crippen LogP contribution in [-0.2, 0) is 13.0 Å². The maximum Gasteiger partial charge on any atom is 0.146 e. The largest absolute Gasteiger partial charge is 0.366 e. The highest BCUT2D eigenvalue weighted by Crippen LogP contribution is 2.21. The normalized spacial score (nSPS) is 12.2. The van der Waals surface area contributed by atoms with Gasteiger partial charge in [-0.25, -0.2) is 4.39 Å². The van der Waals surface area contributed by atoms with E-state index in [1.807, 2.05) is 43.1 Å². The first kappa shape index (κ1) is 14.5. The third-order valence-electron chi connectivity index (χ3n) is 3.11. The molecule has 3 nitrogen and oxygen atoms in total. The standard InChI is InChI=1S/C16H20FN3/c1-12(18)9-13-6-7-16(15(17)10-13)20(2)11-14-5-3-4-8-19-14/h3-8,10,12H,9,11,18H2,1-2H3. The Morgan fingerprint density at radius 1 is 1.30 bits per heavy atom. The summed E-state index contributed by atoms with van der Waals surface area (Å²) in [5.74, 6) is -0.221. The minimum atomic E-state index is -0.221. The number of hydrogen-bond acceptors (Lipinski definition) is 3. The number of pyridine rings is 1. The number of aromatic nitrogens is 1. The van der Waals surface area contributed by atoms with Crippen LogP contribution in [0.2, 0.25) is 0 Å². The molecular formula is C16H20FN3. The van der Waals surface area contributed by atoms with Crippen LogP contribution in [-0.4, -0.2) is 18.1 Å². The molecule has 1 aromatic carbocycles. The van der Waals surface area contributed by atoms with Crippen molar-refractivity contribution >= 4 is 5.69 Å². The lowest BCUT2D eigenvalue weighted by molar-refractivity contribution is 0.617. The SMILES string of the molecule is CC(N)Cc1ccc(N(C)Cc2ccccn2)c(F)c1. The van der Waals surface area contributed by atoms with Crippen LogP contribution < -0.4 is 10.6 Å². The van der Waals surface area contributed by atoms with Gasteiger partial charge in [0.1, 0.15) is 5.82 Å². The third kappa shape index (κ3) is 3.78. The smallest absolute Gasteiger partial charge is 0.146 e. The average molecular weight is 273 g/mol. The Kier molecular flexibility index (Phi) is 4.69. The summed E-state index contributed by atoms with van der Waals surface area (Å²) in [5.41, 5.74) is 8.14. The molecule has 2 aromatic rings. The van der Waals surface area contributed by atoms with E-state index < -0.39 is 0 Å². The zero-order chi connectivity index (χ0) is 14.5. The van der Waals surface area contributed by atoms with Gasteiger partial charge in [-0.2, -0.15) is 0 Å². The highest BCUT2D eigenvalue weighted by molar-refractivity contribution is 5.48. The Bertz CT molecular complexity index is 555. The van der Waals surface area contributed by atoms with Crippen molar-refractivity contribution in [1.29, 1.82) is 0 Å². The van der Waals surface area contributed by atoms with Crippen LogP contribution in [0.3, 0.4) is 0 Å². The fourth-order valence-corrected chi connectivity index (χ4v) is 2.18. The van der Waals surface area contributed by atoms with E-state index in [9.17, 15) is 4.39 Å². The van der Waals surface area contributed by atoms with Gasteiger partial charge >= 0.3 is 0 Å². The summed E-state index contributed by atoms with van der Waals surface area (Å²) in [6, 6.07) is 11.1. The van der Waals surface area contributed by atoms with E-state index in [0.29, 0.717) is 18.7 Å². The topological polar surface area (TPSA) is 42.1 Å². The first-order chi connectivity index (χ1) is 9.56. The van der Waals surface area contributed by atoms with Gasteiger partial charge in [-0.05, 0) is 43.2 Å². The molecule has 106 valence electrons. The average Bonchev–Trinajstić information content (AvgIpc) is 2.39. The fourth-order valence-electron chi connectivity index (χ4n) is 2.18. The van der Waals surface area contributed by atoms with Crippen LogP contribution in [0.1, 0.15) is 18.2 Å². The molecule has 0 fully saturated rings. The van der Waals surface area contributed by atoms with Gasteiger partial charge in [0.2, 0.25) is 0 Å². The van der Waals surface area contributed by atoms with E-state index in [4.69, 9.17) is 5.73 Å². The summed E-state index contributed by atoms with van der Waals surface area (Å²) >= 11 is 0. The van der Waals surface area contributed by atoms with Crippen LogP contribution in [0.4, 0.5) is 10.1 Å². The zero-order valence-corrected chi connectivity index (χ0v) is 11.9. The second-order valence-electron chi connectivity index (χ2n) is 5.14. The van der Waals surface area contributed by atoms with Crippen LogP contribution in [0.5, 0.6) is 0 Å². The highest BCUT2D eigenvalue weighted by Gasteiger charge is 2.10. The van der Waals surface area contributed by atoms with Crippen molar-refractivity contribution < 1.29 is 4.39 Å². The van der Waals surface area contributed by atoms with Crippen LogP contribution in [0, 0.1) is 5.82 Å². The number of hydrogen-bond donors (Lipinski definition) is 1. The van der Waals surface area contributed by atoms with Crippen LogP contribution in [0.15, 0.2) is 42.6 Å². The lowest BCUT2D eigenvalue weighted by Gasteiger charge is -2.20. The molecule has 2 rings (SSSR count). The van der Waals surface area contributed by atoms with Gasteiger partial charge in [-0.15, -0.1) is 0 Å². The quantitative estimate of drug-likeness (QED) is 0.911. The van der Waals surface area contributed by atoms with E-state index in [1.165, 1.54) is 0 Å². The number of anilines is 1. The van der Waals surface area contributed by atoms with E-state index in [1.54, 1.807) is 18.3 Å². The van der Waals surface area contributed by atoms with Crippen molar-refractivity contribution in [2.24, 2.45) is 5.73 Å². The predicted octanol–water partition coefficient (Wildman–Crippen LogP) is 2.75. The maximum absolute atomic E-state index is 14.2. The summed E-state index contributed by atoms with van der Waals surface area (Å²) < 4.78 is 14.2. The Labute approximate surface area is 119 Å². The van der Waals surface area contributed by atoms with Gasteiger partial charge in [0, 0.05) is 19.3 Å². The fraction of sp³-hybridized carbons (Fsp3) is 0.312. The predicted molar refractivity (Wildman–Crippen MR) is 80.1 cm³/mol. The number of benzene rings is 1.